The molecule has 20 heavy (non-hydrogen) atoms. The Labute approximate surface area is 117 Å². The maximum atomic E-state index is 11.1. The Hall–Kier alpha value is -2.27. The lowest BCUT2D eigenvalue weighted by atomic mass is 10.1. The normalized spacial score (nSPS) is 10.8. The molecule has 0 saturated heterocycles. The molecule has 2 rings (SSSR count). The van der Waals surface area contributed by atoms with Gasteiger partial charge >= 0.3 is 5.97 Å². The van der Waals surface area contributed by atoms with Gasteiger partial charge in [-0.05, 0) is 19.5 Å². The van der Waals surface area contributed by atoms with Crippen LogP contribution in [0, 0.1) is 6.92 Å². The highest BCUT2D eigenvalue weighted by Gasteiger charge is 2.13. The first-order chi connectivity index (χ1) is 9.56. The van der Waals surface area contributed by atoms with E-state index in [-0.39, 0.29) is 5.56 Å². The number of aromatic carboxylic acids is 1. The van der Waals surface area contributed by atoms with E-state index >= 15 is 0 Å². The van der Waals surface area contributed by atoms with Gasteiger partial charge in [0.25, 0.3) is 0 Å². The van der Waals surface area contributed by atoms with Crippen molar-refractivity contribution in [3.05, 3.63) is 59.2 Å². The SMILES string of the molecule is Cc1ccc(CN(C)Cc2ncncc2C(=O)O)cc1. The summed E-state index contributed by atoms with van der Waals surface area (Å²) in [6, 6.07) is 8.28. The molecule has 0 aliphatic rings. The van der Waals surface area contributed by atoms with E-state index in [1.165, 1.54) is 23.7 Å². The van der Waals surface area contributed by atoms with Gasteiger partial charge in [-0.2, -0.15) is 0 Å². The van der Waals surface area contributed by atoms with E-state index in [1.807, 2.05) is 18.9 Å². The number of nitrogens with zero attached hydrogens (tertiary/aromatic N) is 3. The third-order valence-corrected chi connectivity index (χ3v) is 3.02. The number of aryl methyl sites for hydroxylation is 1. The van der Waals surface area contributed by atoms with Crippen LogP contribution in [-0.4, -0.2) is 33.0 Å². The second kappa shape index (κ2) is 6.25. The topological polar surface area (TPSA) is 66.3 Å². The van der Waals surface area contributed by atoms with Crippen LogP contribution in [0.2, 0.25) is 0 Å². The molecule has 0 radical (unpaired) electrons. The second-order valence-electron chi connectivity index (χ2n) is 4.85. The maximum Gasteiger partial charge on any atom is 0.339 e. The number of carboxylic acids is 1. The van der Waals surface area contributed by atoms with Gasteiger partial charge in [0.2, 0.25) is 0 Å². The van der Waals surface area contributed by atoms with E-state index < -0.39 is 5.97 Å². The molecular formula is C15H17N3O2. The van der Waals surface area contributed by atoms with Crippen molar-refractivity contribution in [3.63, 3.8) is 0 Å². The molecule has 0 unspecified atom stereocenters. The van der Waals surface area contributed by atoms with Gasteiger partial charge in [-0.3, -0.25) is 4.90 Å². The van der Waals surface area contributed by atoms with Gasteiger partial charge in [0, 0.05) is 19.3 Å². The minimum Gasteiger partial charge on any atom is -0.478 e. The monoisotopic (exact) mass is 271 g/mol. The Balaban J connectivity index is 2.06. The molecule has 5 heteroatoms. The van der Waals surface area contributed by atoms with Crippen LogP contribution in [0.5, 0.6) is 0 Å². The average molecular weight is 271 g/mol. The summed E-state index contributed by atoms with van der Waals surface area (Å²) < 4.78 is 0. The van der Waals surface area contributed by atoms with Crippen LogP contribution in [0.4, 0.5) is 0 Å². The first kappa shape index (κ1) is 14.1. The highest BCUT2D eigenvalue weighted by Crippen LogP contribution is 2.10. The van der Waals surface area contributed by atoms with Crippen LogP contribution >= 0.6 is 0 Å². The van der Waals surface area contributed by atoms with Gasteiger partial charge < -0.3 is 5.11 Å². The van der Waals surface area contributed by atoms with Crippen molar-refractivity contribution < 1.29 is 9.90 Å². The van der Waals surface area contributed by atoms with Crippen LogP contribution in [0.1, 0.15) is 27.2 Å². The zero-order valence-corrected chi connectivity index (χ0v) is 11.6. The van der Waals surface area contributed by atoms with Gasteiger partial charge in [0.15, 0.2) is 0 Å². The zero-order chi connectivity index (χ0) is 14.5. The largest absolute Gasteiger partial charge is 0.478 e. The third-order valence-electron chi connectivity index (χ3n) is 3.02. The van der Waals surface area contributed by atoms with Crippen LogP contribution < -0.4 is 0 Å². The highest BCUT2D eigenvalue weighted by molar-refractivity contribution is 5.88. The van der Waals surface area contributed by atoms with Crippen molar-refractivity contribution in [2.75, 3.05) is 7.05 Å². The molecule has 1 N–H and O–H groups in total. The molecule has 2 aromatic rings. The summed E-state index contributed by atoms with van der Waals surface area (Å²) in [4.78, 5) is 20.9. The van der Waals surface area contributed by atoms with E-state index in [0.29, 0.717) is 12.2 Å². The highest BCUT2D eigenvalue weighted by atomic mass is 16.4. The summed E-state index contributed by atoms with van der Waals surface area (Å²) >= 11 is 0. The maximum absolute atomic E-state index is 11.1. The minimum absolute atomic E-state index is 0.156. The summed E-state index contributed by atoms with van der Waals surface area (Å²) in [6.45, 7) is 3.26. The predicted molar refractivity (Wildman–Crippen MR) is 75.3 cm³/mol. The Morgan fingerprint density at radius 3 is 2.60 bits per heavy atom. The molecule has 1 aromatic carbocycles. The fraction of sp³-hybridized carbons (Fsp3) is 0.267. The van der Waals surface area contributed by atoms with Crippen molar-refractivity contribution in [1.29, 1.82) is 0 Å². The predicted octanol–water partition coefficient (Wildman–Crippen LogP) is 2.12. The second-order valence-corrected chi connectivity index (χ2v) is 4.85. The van der Waals surface area contributed by atoms with Gasteiger partial charge in [-0.25, -0.2) is 14.8 Å². The van der Waals surface area contributed by atoms with Crippen molar-refractivity contribution in [1.82, 2.24) is 14.9 Å². The lowest BCUT2D eigenvalue weighted by Gasteiger charge is -2.17. The fourth-order valence-electron chi connectivity index (χ4n) is 1.98. The fourth-order valence-corrected chi connectivity index (χ4v) is 1.98. The molecule has 0 aliphatic heterocycles. The van der Waals surface area contributed by atoms with Gasteiger partial charge in [0.05, 0.1) is 5.69 Å². The van der Waals surface area contributed by atoms with Gasteiger partial charge in [-0.15, -0.1) is 0 Å². The Bertz CT molecular complexity index is 596. The average Bonchev–Trinajstić information content (AvgIpc) is 2.41. The summed E-state index contributed by atoms with van der Waals surface area (Å²) in [7, 11) is 1.94. The molecule has 0 amide bonds. The summed E-state index contributed by atoms with van der Waals surface area (Å²) in [5, 5.41) is 9.10. The molecule has 0 atom stereocenters. The van der Waals surface area contributed by atoms with Gasteiger partial charge in [-0.1, -0.05) is 29.8 Å². The summed E-state index contributed by atoms with van der Waals surface area (Å²) in [6.07, 6.45) is 2.71. The number of rotatable bonds is 5. The first-order valence-corrected chi connectivity index (χ1v) is 6.32. The lowest BCUT2D eigenvalue weighted by molar-refractivity contribution is 0.0693. The summed E-state index contributed by atoms with van der Waals surface area (Å²) in [5.41, 5.74) is 3.09. The van der Waals surface area contributed by atoms with E-state index in [4.69, 9.17) is 5.11 Å². The summed E-state index contributed by atoms with van der Waals surface area (Å²) in [5.74, 6) is -0.996. The van der Waals surface area contributed by atoms with Crippen LogP contribution in [0.3, 0.4) is 0 Å². The van der Waals surface area contributed by atoms with Crippen molar-refractivity contribution in [2.45, 2.75) is 20.0 Å². The van der Waals surface area contributed by atoms with E-state index in [2.05, 4.69) is 34.2 Å². The van der Waals surface area contributed by atoms with Crippen LogP contribution in [0.25, 0.3) is 0 Å². The standard InChI is InChI=1S/C15H17N3O2/c1-11-3-5-12(6-4-11)8-18(2)9-14-13(15(19)20)7-16-10-17-14/h3-7,10H,8-9H2,1-2H3,(H,19,20). The van der Waals surface area contributed by atoms with E-state index in [0.717, 1.165) is 6.54 Å². The molecule has 1 heterocycles. The smallest absolute Gasteiger partial charge is 0.339 e. The molecule has 5 nitrogen and oxygen atoms in total. The van der Waals surface area contributed by atoms with Crippen molar-refractivity contribution in [2.24, 2.45) is 0 Å². The van der Waals surface area contributed by atoms with Crippen molar-refractivity contribution in [3.8, 4) is 0 Å². The number of benzene rings is 1. The van der Waals surface area contributed by atoms with E-state index in [9.17, 15) is 4.79 Å². The molecule has 0 bridgehead atoms. The number of hydrogen-bond acceptors (Lipinski definition) is 4. The first-order valence-electron chi connectivity index (χ1n) is 6.32. The number of aromatic nitrogens is 2. The molecule has 104 valence electrons. The molecule has 0 aliphatic carbocycles. The Morgan fingerprint density at radius 2 is 1.95 bits per heavy atom. The number of hydrogen-bond donors (Lipinski definition) is 1. The van der Waals surface area contributed by atoms with Crippen LogP contribution in [-0.2, 0) is 13.1 Å². The quantitative estimate of drug-likeness (QED) is 0.902. The van der Waals surface area contributed by atoms with Crippen molar-refractivity contribution >= 4 is 5.97 Å². The zero-order valence-electron chi connectivity index (χ0n) is 11.6. The van der Waals surface area contributed by atoms with E-state index in [1.54, 1.807) is 0 Å². The molecular weight excluding hydrogens is 254 g/mol. The van der Waals surface area contributed by atoms with Gasteiger partial charge in [0.1, 0.15) is 11.9 Å². The third kappa shape index (κ3) is 3.61. The number of carboxylic acid groups (broad SMARTS) is 1. The molecule has 0 saturated carbocycles. The Kier molecular flexibility index (Phi) is 4.42. The lowest BCUT2D eigenvalue weighted by Crippen LogP contribution is -2.20. The van der Waals surface area contributed by atoms with Crippen LogP contribution in [0.15, 0.2) is 36.8 Å². The minimum atomic E-state index is -0.996. The number of carbonyl (C=O) groups is 1. The molecule has 0 spiro atoms. The molecule has 1 aromatic heterocycles. The molecule has 0 fully saturated rings. The Morgan fingerprint density at radius 1 is 1.25 bits per heavy atom.